The van der Waals surface area contributed by atoms with Gasteiger partial charge in [-0.05, 0) is 182 Å². The fourth-order valence-electron chi connectivity index (χ4n) is 17.3. The molecule has 0 saturated carbocycles. The third-order valence-corrected chi connectivity index (χ3v) is 25.4. The van der Waals surface area contributed by atoms with Gasteiger partial charge in [-0.15, -0.1) is 11.3 Å². The second-order valence-electron chi connectivity index (χ2n) is 33.8. The molecule has 128 heavy (non-hydrogen) atoms. The Hall–Kier alpha value is -12.8. The number of aryl methyl sites for hydroxylation is 5. The minimum Gasteiger partial charge on any atom is -0.508 e. The van der Waals surface area contributed by atoms with Gasteiger partial charge < -0.3 is 39.1 Å². The summed E-state index contributed by atoms with van der Waals surface area (Å²) in [5, 5.41) is 15.8. The Morgan fingerprint density at radius 1 is 0.461 bits per heavy atom. The maximum Gasteiger partial charge on any atom is 0.356 e. The van der Waals surface area contributed by atoms with Crippen molar-refractivity contribution in [2.75, 3.05) is 54.0 Å². The number of piperazine rings is 3. The van der Waals surface area contributed by atoms with Crippen LogP contribution < -0.4 is 37.3 Å². The summed E-state index contributed by atoms with van der Waals surface area (Å²) in [6.45, 7) is 45.0. The smallest absolute Gasteiger partial charge is 0.356 e. The van der Waals surface area contributed by atoms with Crippen molar-refractivity contribution in [3.05, 3.63) is 248 Å². The number of thiazole rings is 1. The van der Waals surface area contributed by atoms with Crippen LogP contribution in [0.1, 0.15) is 139 Å². The van der Waals surface area contributed by atoms with Crippen molar-refractivity contribution in [2.24, 2.45) is 7.05 Å². The van der Waals surface area contributed by atoms with E-state index in [-0.39, 0.29) is 105 Å². The van der Waals surface area contributed by atoms with Crippen LogP contribution in [-0.2, 0) is 21.4 Å². The molecule has 33 heteroatoms. The standard InChI is InChI=1S/C35H35ClN6O3.C30H31ClFN7O3.C30H34ClN7O2S/c1-7-29(44)40-17-22(6)41(18-21(40)5)33-27-16-28(36)31(26-15-24(43)14-23-10-8-9-11-25(23)26)38-34(27)42(35(45)39-33)32-20(4)12-13-37-30(32)19(2)3;1-7-23(40)37-13-18(5)38(14-17(37)4)27-20-12-21(31)25(19-10-8-9-11-22(19)32)34-28(20)39(30(42)35-27)26-24(16(2)3)33-15-36(6)29(26)41;1-9-23(39)36-13-18(6)37(14-17(36)5)28-21-12-22(31)26(25-19(7)41-20(8)33-25)34-29(21)38(30(40)35-28)27-16(4)10-11-32-24(27)15(2)3/h7-16,19,21-22,43H,1,17-18H2,2-6H3;7-12,15-18H,1,13-14H2,2-6H3;9-12,15,17-18H,1,13-14H2,2-8H3. The van der Waals surface area contributed by atoms with E-state index in [1.54, 1.807) is 92.5 Å². The number of rotatable bonds is 15. The van der Waals surface area contributed by atoms with Crippen molar-refractivity contribution in [3.8, 4) is 56.7 Å². The highest BCUT2D eigenvalue weighted by atomic mass is 35.5. The highest BCUT2D eigenvalue weighted by Crippen LogP contribution is 2.43. The second kappa shape index (κ2) is 36.9. The number of aromatic hydroxyl groups is 1. The van der Waals surface area contributed by atoms with E-state index in [0.29, 0.717) is 134 Å². The monoisotopic (exact) mass is 1800 g/mol. The summed E-state index contributed by atoms with van der Waals surface area (Å²) in [5.41, 5.74) is 6.24. The lowest BCUT2D eigenvalue weighted by Crippen LogP contribution is -2.58. The third-order valence-electron chi connectivity index (χ3n) is 23.7. The van der Waals surface area contributed by atoms with Crippen molar-refractivity contribution in [3.63, 3.8) is 0 Å². The van der Waals surface area contributed by atoms with Crippen molar-refractivity contribution >= 4 is 125 Å². The van der Waals surface area contributed by atoms with E-state index in [2.05, 4.69) is 54.5 Å². The molecule has 13 aromatic rings. The molecule has 10 aromatic heterocycles. The van der Waals surface area contributed by atoms with Gasteiger partial charge in [-0.3, -0.25) is 29.1 Å². The fourth-order valence-corrected chi connectivity index (χ4v) is 18.9. The van der Waals surface area contributed by atoms with Crippen LogP contribution in [0, 0.1) is 33.5 Å². The van der Waals surface area contributed by atoms with Gasteiger partial charge in [-0.25, -0.2) is 57.4 Å². The van der Waals surface area contributed by atoms with Gasteiger partial charge in [0, 0.05) is 111 Å². The van der Waals surface area contributed by atoms with Crippen molar-refractivity contribution in [1.82, 2.24) is 82.8 Å². The lowest BCUT2D eigenvalue weighted by molar-refractivity contribution is -0.129. The molecule has 3 aromatic carbocycles. The largest absolute Gasteiger partial charge is 0.508 e. The van der Waals surface area contributed by atoms with Crippen molar-refractivity contribution < 1.29 is 23.9 Å². The van der Waals surface area contributed by atoms with Crippen LogP contribution in [0.25, 0.3) is 94.8 Å². The number of phenols is 1. The molecule has 1 N–H and O–H groups in total. The van der Waals surface area contributed by atoms with Gasteiger partial charge in [0.05, 0.1) is 82.4 Å². The van der Waals surface area contributed by atoms with Crippen LogP contribution in [0.2, 0.25) is 15.1 Å². The first-order chi connectivity index (χ1) is 60.9. The number of hydrogen-bond donors (Lipinski definition) is 1. The van der Waals surface area contributed by atoms with Gasteiger partial charge in [-0.2, -0.15) is 15.0 Å². The molecular formula is C95H100Cl3FN20O8S. The predicted octanol–water partition coefficient (Wildman–Crippen LogP) is 16.1. The molecule has 3 saturated heterocycles. The van der Waals surface area contributed by atoms with E-state index in [4.69, 9.17) is 54.7 Å². The van der Waals surface area contributed by atoms with Gasteiger partial charge in [-0.1, -0.05) is 132 Å². The Labute approximate surface area is 758 Å². The van der Waals surface area contributed by atoms with Crippen LogP contribution in [0.15, 0.2) is 167 Å². The molecule has 28 nitrogen and oxygen atoms in total. The molecule has 16 rings (SSSR count). The number of halogens is 4. The molecule has 13 heterocycles. The van der Waals surface area contributed by atoms with Gasteiger partial charge in [0.1, 0.15) is 46.1 Å². The van der Waals surface area contributed by atoms with Crippen LogP contribution in [0.5, 0.6) is 5.75 Å². The Kier molecular flexibility index (Phi) is 26.4. The van der Waals surface area contributed by atoms with Crippen molar-refractivity contribution in [2.45, 2.75) is 165 Å². The Bertz CT molecular complexity index is 6950. The molecule has 0 aliphatic carbocycles. The normalized spacial score (nSPS) is 17.2. The molecule has 3 amide bonds. The van der Waals surface area contributed by atoms with E-state index in [1.165, 1.54) is 39.8 Å². The lowest BCUT2D eigenvalue weighted by Gasteiger charge is -2.44. The van der Waals surface area contributed by atoms with Crippen LogP contribution in [0.4, 0.5) is 21.8 Å². The van der Waals surface area contributed by atoms with Crippen molar-refractivity contribution in [1.29, 1.82) is 0 Å². The van der Waals surface area contributed by atoms with E-state index in [1.807, 2.05) is 163 Å². The molecule has 662 valence electrons. The van der Waals surface area contributed by atoms with Crippen LogP contribution >= 0.6 is 46.1 Å². The number of fused-ring (bicyclic) bond motifs is 4. The number of phenolic OH excluding ortho intramolecular Hbond substituents is 1. The zero-order chi connectivity index (χ0) is 92.4. The molecule has 6 atom stereocenters. The first-order valence-electron chi connectivity index (χ1n) is 42.2. The average molecular weight is 1810 g/mol. The number of nitrogens with zero attached hydrogens (tertiary/aromatic N) is 20. The molecular weight excluding hydrogens is 1710 g/mol. The molecule has 6 unspecified atom stereocenters. The number of anilines is 3. The predicted molar refractivity (Wildman–Crippen MR) is 506 cm³/mol. The summed E-state index contributed by atoms with van der Waals surface area (Å²) >= 11 is 22.3. The van der Waals surface area contributed by atoms with E-state index < -0.39 is 28.4 Å². The topological polar surface area (TPSA) is 308 Å². The lowest BCUT2D eigenvalue weighted by atomic mass is 10.0. The Morgan fingerprint density at radius 3 is 1.25 bits per heavy atom. The number of aromatic nitrogens is 14. The SMILES string of the molecule is C=CC(=O)N1CC(C)N(c2nc(=O)n(-c3c(C(C)C)ncn(C)c3=O)c3nc(-c4ccccc4F)c(Cl)cc23)CC1C.C=CC(=O)N1CC(C)N(c2nc(=O)n(-c3c(C)ccnc3C(C)C)c3nc(-c4cc(O)cc5ccccc45)c(Cl)cc23)CC1C.C=CC(=O)N1CC(C)N(c2nc(=O)n(-c3c(C)ccnc3C(C)C)c3nc(-c4nc(C)sc4C)c(Cl)cc23)CC1C. The zero-order valence-corrected chi connectivity index (χ0v) is 77.4. The first kappa shape index (κ1) is 91.4. The summed E-state index contributed by atoms with van der Waals surface area (Å²) in [5.74, 6) is 0.193. The minimum atomic E-state index is -0.747. The number of carbonyl (C=O) groups is 3. The van der Waals surface area contributed by atoms with Gasteiger partial charge in [0.15, 0.2) is 16.9 Å². The summed E-state index contributed by atoms with van der Waals surface area (Å²) < 4.78 is 20.5. The summed E-state index contributed by atoms with van der Waals surface area (Å²) in [6, 6.07) is 25.1. The zero-order valence-electron chi connectivity index (χ0n) is 74.4. The highest BCUT2D eigenvalue weighted by molar-refractivity contribution is 7.11. The number of benzene rings is 3. The molecule has 0 bridgehead atoms. The molecule has 3 aliphatic heterocycles. The quantitative estimate of drug-likeness (QED) is 0.0932. The number of carbonyl (C=O) groups excluding carboxylic acids is 3. The van der Waals surface area contributed by atoms with Gasteiger partial charge in [0.25, 0.3) is 5.56 Å². The maximum absolute atomic E-state index is 15.0. The number of pyridine rings is 5. The summed E-state index contributed by atoms with van der Waals surface area (Å²) in [4.78, 5) is 153. The van der Waals surface area contributed by atoms with Crippen LogP contribution in [-0.4, -0.2) is 181 Å². The fraction of sp³-hybridized carbons (Fsp3) is 0.337. The van der Waals surface area contributed by atoms with Crippen LogP contribution in [0.3, 0.4) is 0 Å². The summed E-state index contributed by atoms with van der Waals surface area (Å²) in [7, 11) is 1.54. The number of amides is 3. The summed E-state index contributed by atoms with van der Waals surface area (Å²) in [6.07, 6.45) is 8.84. The molecule has 3 fully saturated rings. The minimum absolute atomic E-state index is 0.0136. The van der Waals surface area contributed by atoms with E-state index in [0.717, 1.165) is 47.7 Å². The van der Waals surface area contributed by atoms with Gasteiger partial charge >= 0.3 is 17.1 Å². The van der Waals surface area contributed by atoms with Gasteiger partial charge in [0.2, 0.25) is 17.7 Å². The highest BCUT2D eigenvalue weighted by Gasteiger charge is 2.39. The average Bonchev–Trinajstić information content (AvgIpc) is 1.76. The first-order valence-corrected chi connectivity index (χ1v) is 44.2. The Morgan fingerprint density at radius 2 is 0.844 bits per heavy atom. The van der Waals surface area contributed by atoms with E-state index >= 15 is 0 Å². The number of hydrogen-bond acceptors (Lipinski definition) is 22. The second-order valence-corrected chi connectivity index (χ2v) is 36.4. The molecule has 0 spiro atoms. The third kappa shape index (κ3) is 17.2. The van der Waals surface area contributed by atoms with E-state index in [9.17, 15) is 43.1 Å². The molecule has 3 aliphatic rings. The maximum atomic E-state index is 15.0. The Balaban J connectivity index is 0.000000156. The molecule has 0 radical (unpaired) electrons.